The number of benzene rings is 1. The molecule has 25 heavy (non-hydrogen) atoms. The molecule has 1 heterocycles. The zero-order valence-corrected chi connectivity index (χ0v) is 15.6. The van der Waals surface area contributed by atoms with Gasteiger partial charge < -0.3 is 4.90 Å². The average Bonchev–Trinajstić information content (AvgIpc) is 2.88. The number of aromatic amines is 1. The minimum atomic E-state index is -0.414. The molecule has 5 nitrogen and oxygen atoms in total. The van der Waals surface area contributed by atoms with Crippen molar-refractivity contribution in [1.29, 1.82) is 0 Å². The first-order valence-electron chi connectivity index (χ1n) is 8.48. The van der Waals surface area contributed by atoms with Crippen LogP contribution in [0.1, 0.15) is 35.0 Å². The fraction of sp³-hybridized carbons (Fsp3) is 0.474. The highest BCUT2D eigenvalue weighted by Crippen LogP contribution is 2.21. The summed E-state index contributed by atoms with van der Waals surface area (Å²) in [4.78, 5) is 16.5. The Balaban J connectivity index is 2.00. The summed E-state index contributed by atoms with van der Waals surface area (Å²) in [6, 6.07) is 5.71. The molecule has 0 spiro atoms. The fourth-order valence-corrected chi connectivity index (χ4v) is 3.06. The number of hydrogen-bond acceptors (Lipinski definition) is 3. The second kappa shape index (κ2) is 8.25. The zero-order valence-electron chi connectivity index (χ0n) is 15.6. The second-order valence-corrected chi connectivity index (χ2v) is 6.69. The van der Waals surface area contributed by atoms with Crippen molar-refractivity contribution in [2.45, 2.75) is 32.7 Å². The number of carbonyl (C=O) groups is 1. The molecule has 0 bridgehead atoms. The van der Waals surface area contributed by atoms with Crippen molar-refractivity contribution in [2.75, 3.05) is 27.7 Å². The third-order valence-electron chi connectivity index (χ3n) is 4.51. The third-order valence-corrected chi connectivity index (χ3v) is 4.51. The first-order chi connectivity index (χ1) is 11.8. The lowest BCUT2D eigenvalue weighted by Gasteiger charge is -2.28. The lowest BCUT2D eigenvalue weighted by atomic mass is 10.0. The molecule has 0 aliphatic carbocycles. The van der Waals surface area contributed by atoms with Crippen LogP contribution in [0.15, 0.2) is 24.3 Å². The number of carbonyl (C=O) groups excluding carboxylic acids is 1. The van der Waals surface area contributed by atoms with E-state index < -0.39 is 6.04 Å². The van der Waals surface area contributed by atoms with E-state index in [4.69, 9.17) is 0 Å². The van der Waals surface area contributed by atoms with Gasteiger partial charge in [-0.2, -0.15) is 5.10 Å². The van der Waals surface area contributed by atoms with Crippen LogP contribution < -0.4 is 0 Å². The molecule has 2 rings (SSSR count). The SMILES string of the molecule is Cc1n[nH]c(C)c1CCCN(C)C(=O)[C@@H](c1ccc(F)cc1)N(C)C. The lowest BCUT2D eigenvalue weighted by Crippen LogP contribution is -2.39. The van der Waals surface area contributed by atoms with Crippen molar-refractivity contribution in [1.82, 2.24) is 20.0 Å². The van der Waals surface area contributed by atoms with E-state index in [1.807, 2.05) is 39.9 Å². The zero-order chi connectivity index (χ0) is 18.6. The van der Waals surface area contributed by atoms with E-state index in [9.17, 15) is 9.18 Å². The molecule has 1 atom stereocenters. The molecule has 0 radical (unpaired) electrons. The van der Waals surface area contributed by atoms with Gasteiger partial charge in [-0.3, -0.25) is 14.8 Å². The highest BCUT2D eigenvalue weighted by molar-refractivity contribution is 5.83. The minimum absolute atomic E-state index is 0.0113. The molecule has 2 aromatic rings. The van der Waals surface area contributed by atoms with Crippen molar-refractivity contribution >= 4 is 5.91 Å². The van der Waals surface area contributed by atoms with Crippen molar-refractivity contribution in [2.24, 2.45) is 0 Å². The normalized spacial score (nSPS) is 12.4. The summed E-state index contributed by atoms with van der Waals surface area (Å²) in [7, 11) is 5.54. The molecule has 0 unspecified atom stereocenters. The van der Waals surface area contributed by atoms with Gasteiger partial charge in [0, 0.05) is 19.3 Å². The van der Waals surface area contributed by atoms with Crippen LogP contribution in [0.25, 0.3) is 0 Å². The van der Waals surface area contributed by atoms with E-state index in [2.05, 4.69) is 10.2 Å². The van der Waals surface area contributed by atoms with Crippen molar-refractivity contribution < 1.29 is 9.18 Å². The third kappa shape index (κ3) is 4.66. The Kier molecular flexibility index (Phi) is 6.31. The van der Waals surface area contributed by atoms with Gasteiger partial charge in [-0.1, -0.05) is 12.1 Å². The predicted octanol–water partition coefficient (Wildman–Crippen LogP) is 2.86. The number of hydrogen-bond donors (Lipinski definition) is 1. The Labute approximate surface area is 148 Å². The van der Waals surface area contributed by atoms with Gasteiger partial charge in [0.05, 0.1) is 5.69 Å². The Morgan fingerprint density at radius 1 is 1.20 bits per heavy atom. The van der Waals surface area contributed by atoms with E-state index >= 15 is 0 Å². The Bertz CT molecular complexity index is 689. The largest absolute Gasteiger partial charge is 0.344 e. The molecular weight excluding hydrogens is 319 g/mol. The van der Waals surface area contributed by atoms with Gasteiger partial charge in [-0.25, -0.2) is 4.39 Å². The maximum atomic E-state index is 13.2. The Morgan fingerprint density at radius 2 is 1.84 bits per heavy atom. The molecule has 0 aliphatic rings. The maximum Gasteiger partial charge on any atom is 0.244 e. The van der Waals surface area contributed by atoms with Crippen LogP contribution in [0.2, 0.25) is 0 Å². The lowest BCUT2D eigenvalue weighted by molar-refractivity contribution is -0.135. The van der Waals surface area contributed by atoms with Gasteiger partial charge in [0.1, 0.15) is 11.9 Å². The molecule has 1 aromatic carbocycles. The van der Waals surface area contributed by atoms with Crippen molar-refractivity contribution in [3.8, 4) is 0 Å². The van der Waals surface area contributed by atoms with Crippen LogP contribution in [-0.4, -0.2) is 53.6 Å². The average molecular weight is 346 g/mol. The molecule has 0 saturated heterocycles. The summed E-state index contributed by atoms with van der Waals surface area (Å²) in [5, 5.41) is 7.19. The first kappa shape index (κ1) is 19.1. The molecule has 1 aromatic heterocycles. The van der Waals surface area contributed by atoms with Gasteiger partial charge in [-0.15, -0.1) is 0 Å². The number of halogens is 1. The standard InChI is InChI=1S/C19H27FN4O/c1-13-17(14(2)22-21-13)7-6-12-24(5)19(25)18(23(3)4)15-8-10-16(20)11-9-15/h8-11,18H,6-7,12H2,1-5H3,(H,21,22)/t18-/m1/s1. The van der Waals surface area contributed by atoms with Crippen LogP contribution in [0.5, 0.6) is 0 Å². The number of rotatable bonds is 7. The number of aromatic nitrogens is 2. The summed E-state index contributed by atoms with van der Waals surface area (Å²) in [6.45, 7) is 4.67. The Morgan fingerprint density at radius 3 is 2.36 bits per heavy atom. The van der Waals surface area contributed by atoms with Gasteiger partial charge in [-0.05, 0) is 64.0 Å². The van der Waals surface area contributed by atoms with E-state index in [1.54, 1.807) is 17.0 Å². The Hall–Kier alpha value is -2.21. The van der Waals surface area contributed by atoms with Crippen LogP contribution in [0, 0.1) is 19.7 Å². The topological polar surface area (TPSA) is 52.2 Å². The fourth-order valence-electron chi connectivity index (χ4n) is 3.06. The van der Waals surface area contributed by atoms with Crippen molar-refractivity contribution in [3.63, 3.8) is 0 Å². The summed E-state index contributed by atoms with van der Waals surface area (Å²) in [5.74, 6) is -0.287. The maximum absolute atomic E-state index is 13.2. The number of H-pyrrole nitrogens is 1. The number of amides is 1. The van der Waals surface area contributed by atoms with E-state index in [1.165, 1.54) is 17.7 Å². The summed E-state index contributed by atoms with van der Waals surface area (Å²) >= 11 is 0. The van der Waals surface area contributed by atoms with Crippen LogP contribution >= 0.6 is 0 Å². The number of nitrogens with zero attached hydrogens (tertiary/aromatic N) is 3. The summed E-state index contributed by atoms with van der Waals surface area (Å²) in [6.07, 6.45) is 1.75. The van der Waals surface area contributed by atoms with Gasteiger partial charge in [0.2, 0.25) is 5.91 Å². The number of likely N-dealkylation sites (N-methyl/N-ethyl adjacent to an activating group) is 2. The van der Waals surface area contributed by atoms with E-state index in [-0.39, 0.29) is 11.7 Å². The minimum Gasteiger partial charge on any atom is -0.344 e. The monoisotopic (exact) mass is 346 g/mol. The molecule has 0 saturated carbocycles. The van der Waals surface area contributed by atoms with E-state index in [0.717, 1.165) is 29.8 Å². The highest BCUT2D eigenvalue weighted by atomic mass is 19.1. The molecular formula is C19H27FN4O. The quantitative estimate of drug-likeness (QED) is 0.839. The number of nitrogens with one attached hydrogen (secondary N) is 1. The molecule has 136 valence electrons. The molecule has 1 amide bonds. The highest BCUT2D eigenvalue weighted by Gasteiger charge is 2.25. The predicted molar refractivity (Wildman–Crippen MR) is 96.8 cm³/mol. The first-order valence-corrected chi connectivity index (χ1v) is 8.48. The molecule has 1 N–H and O–H groups in total. The molecule has 6 heteroatoms. The summed E-state index contributed by atoms with van der Waals surface area (Å²) in [5.41, 5.74) is 4.13. The van der Waals surface area contributed by atoms with Gasteiger partial charge in [0.25, 0.3) is 0 Å². The van der Waals surface area contributed by atoms with E-state index in [0.29, 0.717) is 6.54 Å². The smallest absolute Gasteiger partial charge is 0.244 e. The molecule has 0 aliphatic heterocycles. The van der Waals surface area contributed by atoms with Crippen LogP contribution in [0.3, 0.4) is 0 Å². The second-order valence-electron chi connectivity index (χ2n) is 6.69. The van der Waals surface area contributed by atoms with Gasteiger partial charge >= 0.3 is 0 Å². The number of aryl methyl sites for hydroxylation is 2. The van der Waals surface area contributed by atoms with Crippen LogP contribution in [-0.2, 0) is 11.2 Å². The summed E-state index contributed by atoms with van der Waals surface area (Å²) < 4.78 is 13.2. The van der Waals surface area contributed by atoms with Crippen LogP contribution in [0.4, 0.5) is 4.39 Å². The van der Waals surface area contributed by atoms with Gasteiger partial charge in [0.15, 0.2) is 0 Å². The van der Waals surface area contributed by atoms with Crippen molar-refractivity contribution in [3.05, 3.63) is 52.6 Å². The molecule has 0 fully saturated rings.